The van der Waals surface area contributed by atoms with Crippen molar-refractivity contribution in [3.05, 3.63) is 70.1 Å². The highest BCUT2D eigenvalue weighted by Gasteiger charge is 2.24. The first kappa shape index (κ1) is 17.0. The molecule has 0 saturated carbocycles. The highest BCUT2D eigenvalue weighted by atomic mass is 32.2. The fourth-order valence-electron chi connectivity index (χ4n) is 2.28. The first-order valence-corrected chi connectivity index (χ1v) is 8.42. The highest BCUT2D eigenvalue weighted by Crippen LogP contribution is 2.29. The zero-order valence-corrected chi connectivity index (χ0v) is 14.6. The number of amides is 1. The van der Waals surface area contributed by atoms with Gasteiger partial charge < -0.3 is 10.1 Å². The van der Waals surface area contributed by atoms with Crippen LogP contribution in [-0.4, -0.2) is 24.2 Å². The molecule has 0 atom stereocenters. The molecule has 3 rings (SSSR count). The third-order valence-corrected chi connectivity index (χ3v) is 4.48. The number of methoxy groups -OCH3 is 1. The van der Waals surface area contributed by atoms with E-state index >= 15 is 0 Å². The maximum absolute atomic E-state index is 12.2. The normalized spacial score (nSPS) is 17.0. The predicted octanol–water partition coefficient (Wildman–Crippen LogP) is 3.67. The van der Waals surface area contributed by atoms with Gasteiger partial charge in [0.25, 0.3) is 5.91 Å². The van der Waals surface area contributed by atoms with Crippen molar-refractivity contribution in [3.8, 4) is 0 Å². The summed E-state index contributed by atoms with van der Waals surface area (Å²) in [6, 6.07) is 14.7. The molecule has 0 spiro atoms. The van der Waals surface area contributed by atoms with E-state index in [-0.39, 0.29) is 5.91 Å². The molecule has 0 aromatic heterocycles. The number of thioether (sulfide) groups is 1. The average Bonchev–Trinajstić information content (AvgIpc) is 2.96. The number of rotatable bonds is 3. The molecule has 1 aliphatic rings. The molecule has 1 fully saturated rings. The largest absolute Gasteiger partial charge is 0.465 e. The Labute approximate surface area is 149 Å². The molecule has 1 saturated heterocycles. The zero-order chi connectivity index (χ0) is 17.8. The van der Waals surface area contributed by atoms with Crippen molar-refractivity contribution < 1.29 is 14.3 Å². The van der Waals surface area contributed by atoms with E-state index in [1.807, 2.05) is 31.2 Å². The van der Waals surface area contributed by atoms with E-state index in [0.29, 0.717) is 21.2 Å². The van der Waals surface area contributed by atoms with Crippen molar-refractivity contribution in [2.45, 2.75) is 6.92 Å². The Balaban J connectivity index is 1.87. The average molecular weight is 352 g/mol. The number of aliphatic imine (C=N–C) groups is 1. The van der Waals surface area contributed by atoms with Crippen LogP contribution in [0.2, 0.25) is 0 Å². The van der Waals surface area contributed by atoms with E-state index in [2.05, 4.69) is 10.3 Å². The number of carbonyl (C=O) groups is 2. The highest BCUT2D eigenvalue weighted by molar-refractivity contribution is 8.18. The summed E-state index contributed by atoms with van der Waals surface area (Å²) in [7, 11) is 1.33. The van der Waals surface area contributed by atoms with Gasteiger partial charge in [0.05, 0.1) is 23.3 Å². The number of amidine groups is 1. The van der Waals surface area contributed by atoms with Gasteiger partial charge in [-0.3, -0.25) is 4.79 Å². The van der Waals surface area contributed by atoms with Crippen molar-refractivity contribution in [1.29, 1.82) is 0 Å². The lowest BCUT2D eigenvalue weighted by Gasteiger charge is -2.03. The second-order valence-corrected chi connectivity index (χ2v) is 6.43. The van der Waals surface area contributed by atoms with Crippen molar-refractivity contribution >= 4 is 40.6 Å². The summed E-state index contributed by atoms with van der Waals surface area (Å²) in [5.41, 5.74) is 2.95. The maximum atomic E-state index is 12.2. The van der Waals surface area contributed by atoms with Crippen molar-refractivity contribution in [3.63, 3.8) is 0 Å². The van der Waals surface area contributed by atoms with Crippen LogP contribution in [0, 0.1) is 6.92 Å². The van der Waals surface area contributed by atoms with Gasteiger partial charge in [-0.1, -0.05) is 35.9 Å². The van der Waals surface area contributed by atoms with Crippen LogP contribution in [0.5, 0.6) is 0 Å². The van der Waals surface area contributed by atoms with Gasteiger partial charge in [-0.2, -0.15) is 0 Å². The lowest BCUT2D eigenvalue weighted by molar-refractivity contribution is -0.115. The fraction of sp³-hybridized carbons (Fsp3) is 0.105. The number of aryl methyl sites for hydroxylation is 1. The standard InChI is InChI=1S/C19H16N2O3S/c1-12-7-9-14(10-8-12)20-19-21-17(22)16(25-19)11-13-5-3-4-6-15(13)18(23)24-2/h3-11H,1-2H3,(H,20,21,22)/b16-11-. The van der Waals surface area contributed by atoms with Gasteiger partial charge in [-0.15, -0.1) is 0 Å². The molecule has 0 bridgehead atoms. The van der Waals surface area contributed by atoms with Crippen LogP contribution in [0.1, 0.15) is 21.5 Å². The molecule has 2 aromatic rings. The van der Waals surface area contributed by atoms with E-state index in [4.69, 9.17) is 4.74 Å². The molecule has 1 aliphatic heterocycles. The van der Waals surface area contributed by atoms with Crippen LogP contribution in [-0.2, 0) is 9.53 Å². The van der Waals surface area contributed by atoms with E-state index < -0.39 is 5.97 Å². The van der Waals surface area contributed by atoms with Crippen LogP contribution < -0.4 is 5.32 Å². The first-order valence-electron chi connectivity index (χ1n) is 7.60. The predicted molar refractivity (Wildman–Crippen MR) is 99.8 cm³/mol. The molecule has 25 heavy (non-hydrogen) atoms. The summed E-state index contributed by atoms with van der Waals surface area (Å²) in [5.74, 6) is -0.681. The molecular formula is C19H16N2O3S. The Hall–Kier alpha value is -2.86. The number of hydrogen-bond acceptors (Lipinski definition) is 5. The molecule has 0 aliphatic carbocycles. The Morgan fingerprint density at radius 2 is 1.88 bits per heavy atom. The lowest BCUT2D eigenvalue weighted by Crippen LogP contribution is -2.19. The van der Waals surface area contributed by atoms with Crippen LogP contribution in [0.25, 0.3) is 6.08 Å². The number of hydrogen-bond donors (Lipinski definition) is 1. The third-order valence-electron chi connectivity index (χ3n) is 3.57. The molecular weight excluding hydrogens is 336 g/mol. The molecule has 1 heterocycles. The molecule has 1 N–H and O–H groups in total. The second kappa shape index (κ2) is 7.36. The minimum absolute atomic E-state index is 0.240. The Morgan fingerprint density at radius 1 is 1.16 bits per heavy atom. The maximum Gasteiger partial charge on any atom is 0.338 e. The van der Waals surface area contributed by atoms with E-state index in [1.54, 1.807) is 30.3 Å². The Kier molecular flexibility index (Phi) is 5.00. The Bertz CT molecular complexity index is 886. The minimum Gasteiger partial charge on any atom is -0.465 e. The molecule has 0 radical (unpaired) electrons. The first-order chi connectivity index (χ1) is 12.1. The quantitative estimate of drug-likeness (QED) is 0.676. The SMILES string of the molecule is COC(=O)c1ccccc1/C=C1\SC(=Nc2ccc(C)cc2)NC1=O. The van der Waals surface area contributed by atoms with Gasteiger partial charge in [0.1, 0.15) is 0 Å². The summed E-state index contributed by atoms with van der Waals surface area (Å²) >= 11 is 1.24. The van der Waals surface area contributed by atoms with Gasteiger partial charge in [0, 0.05) is 0 Å². The van der Waals surface area contributed by atoms with Crippen molar-refractivity contribution in [1.82, 2.24) is 5.32 Å². The summed E-state index contributed by atoms with van der Waals surface area (Å²) < 4.78 is 4.78. The van der Waals surface area contributed by atoms with Crippen molar-refractivity contribution in [2.24, 2.45) is 4.99 Å². The van der Waals surface area contributed by atoms with E-state index in [9.17, 15) is 9.59 Å². The molecule has 2 aromatic carbocycles. The number of benzene rings is 2. The minimum atomic E-state index is -0.440. The van der Waals surface area contributed by atoms with Crippen LogP contribution >= 0.6 is 11.8 Å². The summed E-state index contributed by atoms with van der Waals surface area (Å²) in [4.78, 5) is 28.9. The number of nitrogens with zero attached hydrogens (tertiary/aromatic N) is 1. The zero-order valence-electron chi connectivity index (χ0n) is 13.8. The van der Waals surface area contributed by atoms with Gasteiger partial charge >= 0.3 is 5.97 Å². The number of nitrogens with one attached hydrogen (secondary N) is 1. The van der Waals surface area contributed by atoms with E-state index in [1.165, 1.54) is 18.9 Å². The van der Waals surface area contributed by atoms with E-state index in [0.717, 1.165) is 11.3 Å². The molecule has 0 unspecified atom stereocenters. The summed E-state index contributed by atoms with van der Waals surface area (Å²) in [6.45, 7) is 2.00. The molecule has 5 nitrogen and oxygen atoms in total. The van der Waals surface area contributed by atoms with Gasteiger partial charge in [-0.05, 0) is 48.5 Å². The Morgan fingerprint density at radius 3 is 2.60 bits per heavy atom. The van der Waals surface area contributed by atoms with Crippen LogP contribution in [0.3, 0.4) is 0 Å². The van der Waals surface area contributed by atoms with Crippen molar-refractivity contribution in [2.75, 3.05) is 7.11 Å². The summed E-state index contributed by atoms with van der Waals surface area (Å²) in [6.07, 6.45) is 1.67. The number of ether oxygens (including phenoxy) is 1. The lowest BCUT2D eigenvalue weighted by atomic mass is 10.1. The monoisotopic (exact) mass is 352 g/mol. The van der Waals surface area contributed by atoms with Crippen LogP contribution in [0.15, 0.2) is 58.4 Å². The summed E-state index contributed by atoms with van der Waals surface area (Å²) in [5, 5.41) is 3.25. The van der Waals surface area contributed by atoms with Gasteiger partial charge in [0.2, 0.25) is 0 Å². The number of esters is 1. The smallest absolute Gasteiger partial charge is 0.338 e. The second-order valence-electron chi connectivity index (χ2n) is 5.40. The fourth-order valence-corrected chi connectivity index (χ4v) is 3.11. The van der Waals surface area contributed by atoms with Gasteiger partial charge in [-0.25, -0.2) is 9.79 Å². The number of carbonyl (C=O) groups excluding carboxylic acids is 2. The molecule has 6 heteroatoms. The van der Waals surface area contributed by atoms with Gasteiger partial charge in [0.15, 0.2) is 5.17 Å². The molecule has 1 amide bonds. The molecule has 126 valence electrons. The topological polar surface area (TPSA) is 67.8 Å². The van der Waals surface area contributed by atoms with Crippen LogP contribution in [0.4, 0.5) is 5.69 Å². The third kappa shape index (κ3) is 3.97.